The number of nitrogens with zero attached hydrogens (tertiary/aromatic N) is 2. The highest BCUT2D eigenvalue weighted by Gasteiger charge is 2.10. The number of rotatable bonds is 4. The summed E-state index contributed by atoms with van der Waals surface area (Å²) in [5.74, 6) is 0.541. The maximum atomic E-state index is 8.85. The Kier molecular flexibility index (Phi) is 3.47. The summed E-state index contributed by atoms with van der Waals surface area (Å²) in [6.45, 7) is 5.04. The van der Waals surface area contributed by atoms with Crippen LogP contribution < -0.4 is 5.32 Å². The molecule has 1 atom stereocenters. The molecule has 0 aliphatic heterocycles. The van der Waals surface area contributed by atoms with Crippen molar-refractivity contribution in [2.45, 2.75) is 19.9 Å². The van der Waals surface area contributed by atoms with Gasteiger partial charge in [-0.3, -0.25) is 5.32 Å². The summed E-state index contributed by atoms with van der Waals surface area (Å²) in [7, 11) is 0. The molecule has 0 fully saturated rings. The van der Waals surface area contributed by atoms with Gasteiger partial charge in [0.1, 0.15) is 6.04 Å². The number of hydrogen-bond acceptors (Lipinski definition) is 3. The Labute approximate surface area is 78.0 Å². The molecule has 0 saturated heterocycles. The summed E-state index contributed by atoms with van der Waals surface area (Å²) >= 11 is 0. The van der Waals surface area contributed by atoms with Crippen LogP contribution in [0, 0.1) is 17.2 Å². The molecule has 4 nitrogen and oxygen atoms in total. The number of aromatic amines is 1. The quantitative estimate of drug-likeness (QED) is 0.728. The zero-order valence-corrected chi connectivity index (χ0v) is 7.91. The van der Waals surface area contributed by atoms with Crippen LogP contribution >= 0.6 is 0 Å². The number of H-pyrrole nitrogens is 1. The second-order valence-electron chi connectivity index (χ2n) is 3.37. The summed E-state index contributed by atoms with van der Waals surface area (Å²) < 4.78 is 0. The number of hydrogen-bond donors (Lipinski definition) is 2. The van der Waals surface area contributed by atoms with Crippen LogP contribution in [0.4, 0.5) is 0 Å². The largest absolute Gasteiger partial charge is 0.346 e. The summed E-state index contributed by atoms with van der Waals surface area (Å²) in [4.78, 5) is 6.79. The van der Waals surface area contributed by atoms with Crippen molar-refractivity contribution in [1.29, 1.82) is 5.26 Å². The first-order valence-electron chi connectivity index (χ1n) is 4.35. The zero-order valence-electron chi connectivity index (χ0n) is 7.91. The van der Waals surface area contributed by atoms with Crippen molar-refractivity contribution >= 4 is 0 Å². The summed E-state index contributed by atoms with van der Waals surface area (Å²) in [5, 5.41) is 12.0. The van der Waals surface area contributed by atoms with Crippen LogP contribution in [-0.2, 0) is 0 Å². The van der Waals surface area contributed by atoms with Gasteiger partial charge in [-0.25, -0.2) is 4.98 Å². The molecule has 0 saturated carbocycles. The molecule has 2 N–H and O–H groups in total. The van der Waals surface area contributed by atoms with Crippen LogP contribution in [0.15, 0.2) is 12.5 Å². The number of imidazole rings is 1. The van der Waals surface area contributed by atoms with E-state index in [4.69, 9.17) is 5.26 Å². The van der Waals surface area contributed by atoms with Gasteiger partial charge in [0.2, 0.25) is 0 Å². The SMILES string of the molecule is CC(C)CNC(C#N)c1cnc[nH]1. The summed E-state index contributed by atoms with van der Waals surface area (Å²) in [6, 6.07) is 1.90. The van der Waals surface area contributed by atoms with Crippen molar-refractivity contribution in [3.8, 4) is 6.07 Å². The van der Waals surface area contributed by atoms with Gasteiger partial charge in [0.05, 0.1) is 24.3 Å². The van der Waals surface area contributed by atoms with E-state index in [0.29, 0.717) is 5.92 Å². The molecule has 13 heavy (non-hydrogen) atoms. The highest BCUT2D eigenvalue weighted by Crippen LogP contribution is 2.07. The molecule has 1 aromatic rings. The Morgan fingerprint density at radius 2 is 2.46 bits per heavy atom. The summed E-state index contributed by atoms with van der Waals surface area (Å²) in [6.07, 6.45) is 3.25. The van der Waals surface area contributed by atoms with E-state index in [9.17, 15) is 0 Å². The van der Waals surface area contributed by atoms with Crippen LogP contribution in [0.3, 0.4) is 0 Å². The number of aromatic nitrogens is 2. The second kappa shape index (κ2) is 4.63. The highest BCUT2D eigenvalue weighted by molar-refractivity contribution is 5.11. The Bertz CT molecular complexity index is 270. The van der Waals surface area contributed by atoms with Crippen molar-refractivity contribution in [3.63, 3.8) is 0 Å². The fraction of sp³-hybridized carbons (Fsp3) is 0.556. The maximum absolute atomic E-state index is 8.85. The van der Waals surface area contributed by atoms with Gasteiger partial charge in [0.15, 0.2) is 0 Å². The summed E-state index contributed by atoms with van der Waals surface area (Å²) in [5.41, 5.74) is 0.822. The predicted octanol–water partition coefficient (Wildman–Crippen LogP) is 1.22. The molecular weight excluding hydrogens is 164 g/mol. The topological polar surface area (TPSA) is 64.5 Å². The van der Waals surface area contributed by atoms with Crippen molar-refractivity contribution in [3.05, 3.63) is 18.2 Å². The molecule has 0 spiro atoms. The Balaban J connectivity index is 2.51. The van der Waals surface area contributed by atoms with Gasteiger partial charge in [-0.1, -0.05) is 13.8 Å². The number of nitriles is 1. The molecule has 70 valence electrons. The van der Waals surface area contributed by atoms with E-state index in [2.05, 4.69) is 35.2 Å². The minimum Gasteiger partial charge on any atom is -0.346 e. The van der Waals surface area contributed by atoms with Crippen molar-refractivity contribution in [2.75, 3.05) is 6.54 Å². The normalized spacial score (nSPS) is 12.8. The lowest BCUT2D eigenvalue weighted by Gasteiger charge is -2.11. The third kappa shape index (κ3) is 2.88. The predicted molar refractivity (Wildman–Crippen MR) is 49.8 cm³/mol. The molecule has 0 aliphatic rings. The van der Waals surface area contributed by atoms with Crippen LogP contribution in [0.1, 0.15) is 25.6 Å². The van der Waals surface area contributed by atoms with E-state index in [1.165, 1.54) is 0 Å². The average molecular weight is 178 g/mol. The molecule has 0 radical (unpaired) electrons. The van der Waals surface area contributed by atoms with Crippen LogP contribution in [0.25, 0.3) is 0 Å². The third-order valence-corrected chi connectivity index (χ3v) is 1.69. The molecule has 1 rings (SSSR count). The van der Waals surface area contributed by atoms with E-state index in [-0.39, 0.29) is 6.04 Å². The monoisotopic (exact) mass is 178 g/mol. The lowest BCUT2D eigenvalue weighted by atomic mass is 10.2. The molecule has 0 bridgehead atoms. The van der Waals surface area contributed by atoms with Gasteiger partial charge >= 0.3 is 0 Å². The van der Waals surface area contributed by atoms with Crippen LogP contribution in [-0.4, -0.2) is 16.5 Å². The van der Waals surface area contributed by atoms with E-state index < -0.39 is 0 Å². The smallest absolute Gasteiger partial charge is 0.137 e. The maximum Gasteiger partial charge on any atom is 0.137 e. The minimum atomic E-state index is -0.273. The standard InChI is InChI=1S/C9H14N4/c1-7(2)4-12-8(3-10)9-5-11-6-13-9/h5-8,12H,4H2,1-2H3,(H,11,13). The molecule has 0 amide bonds. The second-order valence-corrected chi connectivity index (χ2v) is 3.37. The van der Waals surface area contributed by atoms with E-state index >= 15 is 0 Å². The molecule has 1 heterocycles. The fourth-order valence-corrected chi connectivity index (χ4v) is 1.00. The van der Waals surface area contributed by atoms with Crippen molar-refractivity contribution < 1.29 is 0 Å². The van der Waals surface area contributed by atoms with Crippen molar-refractivity contribution in [1.82, 2.24) is 15.3 Å². The lowest BCUT2D eigenvalue weighted by molar-refractivity contribution is 0.520. The van der Waals surface area contributed by atoms with Gasteiger partial charge < -0.3 is 4.98 Å². The van der Waals surface area contributed by atoms with E-state index in [0.717, 1.165) is 12.2 Å². The van der Waals surface area contributed by atoms with E-state index in [1.54, 1.807) is 12.5 Å². The van der Waals surface area contributed by atoms with Gasteiger partial charge in [0, 0.05) is 0 Å². The Hall–Kier alpha value is -1.34. The third-order valence-electron chi connectivity index (χ3n) is 1.69. The van der Waals surface area contributed by atoms with Gasteiger partial charge in [0.25, 0.3) is 0 Å². The molecule has 1 unspecified atom stereocenters. The van der Waals surface area contributed by atoms with Crippen LogP contribution in [0.5, 0.6) is 0 Å². The first kappa shape index (κ1) is 9.75. The molecule has 0 aliphatic carbocycles. The van der Waals surface area contributed by atoms with Gasteiger partial charge in [-0.2, -0.15) is 5.26 Å². The van der Waals surface area contributed by atoms with Crippen LogP contribution in [0.2, 0.25) is 0 Å². The zero-order chi connectivity index (χ0) is 9.68. The van der Waals surface area contributed by atoms with Gasteiger partial charge in [-0.15, -0.1) is 0 Å². The molecule has 4 heteroatoms. The first-order valence-corrected chi connectivity index (χ1v) is 4.35. The molecule has 1 aromatic heterocycles. The van der Waals surface area contributed by atoms with E-state index in [1.807, 2.05) is 0 Å². The molecular formula is C9H14N4. The average Bonchev–Trinajstić information content (AvgIpc) is 2.58. The number of nitrogens with one attached hydrogen (secondary N) is 2. The lowest BCUT2D eigenvalue weighted by Crippen LogP contribution is -2.24. The van der Waals surface area contributed by atoms with Crippen molar-refractivity contribution in [2.24, 2.45) is 5.92 Å². The van der Waals surface area contributed by atoms with Gasteiger partial charge in [-0.05, 0) is 12.5 Å². The molecule has 0 aromatic carbocycles. The fourth-order valence-electron chi connectivity index (χ4n) is 1.00. The minimum absolute atomic E-state index is 0.273. The Morgan fingerprint density at radius 1 is 1.69 bits per heavy atom. The highest BCUT2D eigenvalue weighted by atomic mass is 15.0. The Morgan fingerprint density at radius 3 is 2.92 bits per heavy atom. The first-order chi connectivity index (χ1) is 6.24.